The summed E-state index contributed by atoms with van der Waals surface area (Å²) in [5.41, 5.74) is 6.30. The van der Waals surface area contributed by atoms with Gasteiger partial charge in [-0.2, -0.15) is 0 Å². The van der Waals surface area contributed by atoms with Crippen LogP contribution in [0.1, 0.15) is 16.8 Å². The molecule has 29 heavy (non-hydrogen) atoms. The fraction of sp³-hybridized carbons (Fsp3) is 0.160. The van der Waals surface area contributed by atoms with E-state index in [0.29, 0.717) is 5.11 Å². The molecular formula is C25H25N3S. The van der Waals surface area contributed by atoms with Crippen molar-refractivity contribution in [3.63, 3.8) is 0 Å². The molecule has 4 aromatic rings. The first-order chi connectivity index (χ1) is 14.2. The lowest BCUT2D eigenvalue weighted by molar-refractivity contribution is 0.786. The maximum Gasteiger partial charge on any atom is 0.170 e. The van der Waals surface area contributed by atoms with Crippen molar-refractivity contribution >= 4 is 33.9 Å². The second-order valence-corrected chi connectivity index (χ2v) is 7.56. The molecule has 0 radical (unpaired) electrons. The number of rotatable bonds is 6. The summed E-state index contributed by atoms with van der Waals surface area (Å²) in [6.45, 7) is 3.90. The van der Waals surface area contributed by atoms with E-state index in [-0.39, 0.29) is 0 Å². The van der Waals surface area contributed by atoms with E-state index in [1.807, 2.05) is 30.3 Å². The molecule has 0 aliphatic rings. The molecule has 1 heterocycles. The van der Waals surface area contributed by atoms with Crippen LogP contribution in [0.5, 0.6) is 0 Å². The van der Waals surface area contributed by atoms with Gasteiger partial charge in [-0.1, -0.05) is 66.7 Å². The van der Waals surface area contributed by atoms with Gasteiger partial charge in [0.2, 0.25) is 0 Å². The molecule has 0 aliphatic carbocycles. The molecule has 0 bridgehead atoms. The van der Waals surface area contributed by atoms with Gasteiger partial charge in [0, 0.05) is 35.4 Å². The Bertz CT molecular complexity index is 1100. The number of para-hydroxylation sites is 2. The Morgan fingerprint density at radius 2 is 1.52 bits per heavy atom. The molecule has 0 saturated heterocycles. The van der Waals surface area contributed by atoms with Gasteiger partial charge < -0.3 is 15.2 Å². The predicted molar refractivity (Wildman–Crippen MR) is 127 cm³/mol. The molecule has 0 saturated carbocycles. The van der Waals surface area contributed by atoms with Crippen molar-refractivity contribution in [2.24, 2.45) is 0 Å². The SMILES string of the molecule is Cc1c(CCNC(=S)Nc2ccccc2)c2ccccc2n1Cc1ccccc1. The lowest BCUT2D eigenvalue weighted by atomic mass is 10.1. The normalized spacial score (nSPS) is 10.8. The smallest absolute Gasteiger partial charge is 0.170 e. The van der Waals surface area contributed by atoms with Crippen LogP contribution in [-0.4, -0.2) is 16.2 Å². The van der Waals surface area contributed by atoms with Gasteiger partial charge in [-0.05, 0) is 54.9 Å². The van der Waals surface area contributed by atoms with Gasteiger partial charge in [-0.3, -0.25) is 0 Å². The summed E-state index contributed by atoms with van der Waals surface area (Å²) in [6.07, 6.45) is 0.921. The number of hydrogen-bond acceptors (Lipinski definition) is 1. The lowest BCUT2D eigenvalue weighted by Crippen LogP contribution is -2.30. The maximum atomic E-state index is 5.44. The van der Waals surface area contributed by atoms with Crippen LogP contribution in [0.25, 0.3) is 10.9 Å². The number of hydrogen-bond donors (Lipinski definition) is 2. The van der Waals surface area contributed by atoms with Gasteiger partial charge in [0.05, 0.1) is 0 Å². The van der Waals surface area contributed by atoms with Crippen LogP contribution in [0.2, 0.25) is 0 Å². The van der Waals surface area contributed by atoms with Crippen LogP contribution in [-0.2, 0) is 13.0 Å². The van der Waals surface area contributed by atoms with Crippen molar-refractivity contribution in [1.29, 1.82) is 0 Å². The van der Waals surface area contributed by atoms with Gasteiger partial charge >= 0.3 is 0 Å². The highest BCUT2D eigenvalue weighted by Crippen LogP contribution is 2.27. The molecule has 3 nitrogen and oxygen atoms in total. The summed E-state index contributed by atoms with van der Waals surface area (Å²) in [5.74, 6) is 0. The zero-order valence-corrected chi connectivity index (χ0v) is 17.4. The molecule has 4 heteroatoms. The summed E-state index contributed by atoms with van der Waals surface area (Å²) >= 11 is 5.44. The Morgan fingerprint density at radius 3 is 2.28 bits per heavy atom. The quantitative estimate of drug-likeness (QED) is 0.418. The van der Waals surface area contributed by atoms with Crippen LogP contribution in [0, 0.1) is 6.92 Å². The summed E-state index contributed by atoms with van der Waals surface area (Å²) in [5, 5.41) is 8.55. The summed E-state index contributed by atoms with van der Waals surface area (Å²) in [4.78, 5) is 0. The standard InChI is InChI=1S/C25H25N3S/c1-19-22(16-17-26-25(29)27-21-12-6-3-7-13-21)23-14-8-9-15-24(23)28(19)18-20-10-4-2-5-11-20/h2-15H,16-18H2,1H3,(H2,26,27,29). The van der Waals surface area contributed by atoms with E-state index < -0.39 is 0 Å². The van der Waals surface area contributed by atoms with E-state index >= 15 is 0 Å². The molecule has 146 valence electrons. The number of thiocarbonyl (C=S) groups is 1. The molecule has 0 unspecified atom stereocenters. The second kappa shape index (κ2) is 8.93. The Hall–Kier alpha value is -3.11. The summed E-state index contributed by atoms with van der Waals surface area (Å²) in [7, 11) is 0. The Balaban J connectivity index is 1.49. The molecular weight excluding hydrogens is 374 g/mol. The first-order valence-electron chi connectivity index (χ1n) is 9.93. The predicted octanol–water partition coefficient (Wildman–Crippen LogP) is 5.53. The molecule has 3 aromatic carbocycles. The number of anilines is 1. The first kappa shape index (κ1) is 19.2. The topological polar surface area (TPSA) is 29.0 Å². The number of nitrogens with zero attached hydrogens (tertiary/aromatic N) is 1. The minimum atomic E-state index is 0.655. The van der Waals surface area contributed by atoms with Crippen molar-refractivity contribution in [1.82, 2.24) is 9.88 Å². The number of benzene rings is 3. The Kier molecular flexibility index (Phi) is 5.92. The Morgan fingerprint density at radius 1 is 0.862 bits per heavy atom. The van der Waals surface area contributed by atoms with Crippen LogP contribution >= 0.6 is 12.2 Å². The third-order valence-electron chi connectivity index (χ3n) is 5.24. The minimum Gasteiger partial charge on any atom is -0.362 e. The van der Waals surface area contributed by atoms with Crippen molar-refractivity contribution in [2.75, 3.05) is 11.9 Å². The molecule has 4 rings (SSSR count). The monoisotopic (exact) mass is 399 g/mol. The first-order valence-corrected chi connectivity index (χ1v) is 10.3. The fourth-order valence-electron chi connectivity index (χ4n) is 3.79. The zero-order chi connectivity index (χ0) is 20.1. The highest BCUT2D eigenvalue weighted by molar-refractivity contribution is 7.80. The third-order valence-corrected chi connectivity index (χ3v) is 5.48. The molecule has 1 aromatic heterocycles. The highest BCUT2D eigenvalue weighted by atomic mass is 32.1. The van der Waals surface area contributed by atoms with E-state index in [1.54, 1.807) is 0 Å². The summed E-state index contributed by atoms with van der Waals surface area (Å²) < 4.78 is 2.42. The average molecular weight is 400 g/mol. The van der Waals surface area contributed by atoms with Crippen LogP contribution in [0.15, 0.2) is 84.9 Å². The van der Waals surface area contributed by atoms with Crippen LogP contribution in [0.3, 0.4) is 0 Å². The average Bonchev–Trinajstić information content (AvgIpc) is 3.01. The van der Waals surface area contributed by atoms with Crippen molar-refractivity contribution in [3.05, 3.63) is 102 Å². The molecule has 0 aliphatic heterocycles. The number of aromatic nitrogens is 1. The van der Waals surface area contributed by atoms with E-state index in [2.05, 4.69) is 76.7 Å². The van der Waals surface area contributed by atoms with Gasteiger partial charge in [0.1, 0.15) is 0 Å². The van der Waals surface area contributed by atoms with Gasteiger partial charge in [-0.25, -0.2) is 0 Å². The van der Waals surface area contributed by atoms with Gasteiger partial charge in [0.25, 0.3) is 0 Å². The van der Waals surface area contributed by atoms with Crippen molar-refractivity contribution in [2.45, 2.75) is 19.9 Å². The molecule has 2 N–H and O–H groups in total. The van der Waals surface area contributed by atoms with Crippen molar-refractivity contribution < 1.29 is 0 Å². The van der Waals surface area contributed by atoms with Crippen molar-refractivity contribution in [3.8, 4) is 0 Å². The highest BCUT2D eigenvalue weighted by Gasteiger charge is 2.13. The molecule has 0 atom stereocenters. The van der Waals surface area contributed by atoms with E-state index in [1.165, 1.54) is 27.7 Å². The fourth-order valence-corrected chi connectivity index (χ4v) is 4.01. The van der Waals surface area contributed by atoms with Gasteiger partial charge in [-0.15, -0.1) is 0 Å². The largest absolute Gasteiger partial charge is 0.362 e. The molecule has 0 fully saturated rings. The minimum absolute atomic E-state index is 0.655. The van der Waals surface area contributed by atoms with Crippen LogP contribution in [0.4, 0.5) is 5.69 Å². The molecule has 0 spiro atoms. The molecule has 0 amide bonds. The van der Waals surface area contributed by atoms with E-state index in [9.17, 15) is 0 Å². The lowest BCUT2D eigenvalue weighted by Gasteiger charge is -2.11. The van der Waals surface area contributed by atoms with Crippen LogP contribution < -0.4 is 10.6 Å². The maximum absolute atomic E-state index is 5.44. The summed E-state index contributed by atoms with van der Waals surface area (Å²) in [6, 6.07) is 29.3. The number of fused-ring (bicyclic) bond motifs is 1. The van der Waals surface area contributed by atoms with E-state index in [4.69, 9.17) is 12.2 Å². The zero-order valence-electron chi connectivity index (χ0n) is 16.6. The van der Waals surface area contributed by atoms with E-state index in [0.717, 1.165) is 25.2 Å². The second-order valence-electron chi connectivity index (χ2n) is 7.15. The van der Waals surface area contributed by atoms with Gasteiger partial charge in [0.15, 0.2) is 5.11 Å². The Labute approximate surface area is 177 Å². The third kappa shape index (κ3) is 4.49. The number of nitrogens with one attached hydrogen (secondary N) is 2.